The number of nitrogens with zero attached hydrogens (tertiary/aromatic N) is 2. The van der Waals surface area contributed by atoms with Gasteiger partial charge in [-0.3, -0.25) is 10.1 Å². The maximum Gasteiger partial charge on any atom is 0.227 e. The van der Waals surface area contributed by atoms with Crippen LogP contribution in [0.4, 0.5) is 5.95 Å². The van der Waals surface area contributed by atoms with Crippen molar-refractivity contribution in [3.63, 3.8) is 0 Å². The van der Waals surface area contributed by atoms with Gasteiger partial charge in [0, 0.05) is 18.8 Å². The van der Waals surface area contributed by atoms with Crippen LogP contribution in [0, 0.1) is 17.3 Å². The van der Waals surface area contributed by atoms with Gasteiger partial charge in [-0.2, -0.15) is 0 Å². The minimum absolute atomic E-state index is 0.0141. The van der Waals surface area contributed by atoms with Crippen LogP contribution in [0.2, 0.25) is 0 Å². The molecular weight excluding hydrogens is 338 g/mol. The molecule has 6 rings (SSSR count). The first-order valence-electron chi connectivity index (χ1n) is 10.1. The van der Waals surface area contributed by atoms with Crippen molar-refractivity contribution in [1.29, 1.82) is 0 Å². The van der Waals surface area contributed by atoms with Crippen molar-refractivity contribution in [3.8, 4) is 0 Å². The Morgan fingerprint density at radius 2 is 1.93 bits per heavy atom. The average molecular weight is 365 g/mol. The normalized spacial score (nSPS) is 34.0. The molecule has 1 amide bonds. The summed E-state index contributed by atoms with van der Waals surface area (Å²) in [5.74, 6) is 1.83. The molecule has 1 heterocycles. The van der Waals surface area contributed by atoms with Crippen LogP contribution in [-0.2, 0) is 11.3 Å². The van der Waals surface area contributed by atoms with Crippen molar-refractivity contribution in [2.75, 3.05) is 5.32 Å². The van der Waals surface area contributed by atoms with E-state index in [1.165, 1.54) is 12.0 Å². The fourth-order valence-corrected chi connectivity index (χ4v) is 6.46. The molecule has 1 aromatic heterocycles. The number of amides is 1. The molecule has 1 aromatic carbocycles. The molecule has 27 heavy (non-hydrogen) atoms. The third kappa shape index (κ3) is 3.29. The van der Waals surface area contributed by atoms with E-state index in [-0.39, 0.29) is 11.3 Å². The van der Waals surface area contributed by atoms with Crippen LogP contribution >= 0.6 is 0 Å². The largest absolute Gasteiger partial charge is 0.390 e. The first-order valence-corrected chi connectivity index (χ1v) is 10.1. The molecule has 142 valence electrons. The SMILES string of the molecule is O=C(CC12CC3CC(CC(O)(C3)C1)C2)Nc1nccn1Cc1ccccc1. The van der Waals surface area contributed by atoms with Crippen LogP contribution in [0.15, 0.2) is 42.7 Å². The Balaban J connectivity index is 1.28. The summed E-state index contributed by atoms with van der Waals surface area (Å²) in [6.45, 7) is 0.686. The van der Waals surface area contributed by atoms with E-state index in [4.69, 9.17) is 0 Å². The second-order valence-corrected chi connectivity index (χ2v) is 9.27. The number of hydrogen-bond acceptors (Lipinski definition) is 3. The molecule has 5 nitrogen and oxygen atoms in total. The summed E-state index contributed by atoms with van der Waals surface area (Å²) >= 11 is 0. The highest BCUT2D eigenvalue weighted by atomic mass is 16.3. The molecule has 2 aromatic rings. The smallest absolute Gasteiger partial charge is 0.227 e. The Morgan fingerprint density at radius 3 is 2.63 bits per heavy atom. The van der Waals surface area contributed by atoms with Crippen LogP contribution in [0.3, 0.4) is 0 Å². The number of imidazole rings is 1. The summed E-state index contributed by atoms with van der Waals surface area (Å²) in [5, 5.41) is 13.9. The Labute approximate surface area is 159 Å². The van der Waals surface area contributed by atoms with E-state index in [1.54, 1.807) is 6.20 Å². The highest BCUT2D eigenvalue weighted by molar-refractivity contribution is 5.89. The average Bonchev–Trinajstić information content (AvgIpc) is 2.99. The molecule has 2 atom stereocenters. The summed E-state index contributed by atoms with van der Waals surface area (Å²) < 4.78 is 1.97. The van der Waals surface area contributed by atoms with E-state index in [0.717, 1.165) is 32.1 Å². The molecule has 4 aliphatic carbocycles. The van der Waals surface area contributed by atoms with Crippen LogP contribution in [0.5, 0.6) is 0 Å². The quantitative estimate of drug-likeness (QED) is 0.851. The number of nitrogens with one attached hydrogen (secondary N) is 1. The lowest BCUT2D eigenvalue weighted by Gasteiger charge is -2.60. The molecular formula is C22H27N3O2. The van der Waals surface area contributed by atoms with E-state index in [9.17, 15) is 9.90 Å². The summed E-state index contributed by atoms with van der Waals surface area (Å²) in [7, 11) is 0. The van der Waals surface area contributed by atoms with Crippen molar-refractivity contribution in [2.24, 2.45) is 17.3 Å². The summed E-state index contributed by atoms with van der Waals surface area (Å²) in [5.41, 5.74) is 0.643. The molecule has 0 aliphatic heterocycles. The summed E-state index contributed by atoms with van der Waals surface area (Å²) in [6, 6.07) is 10.2. The number of benzene rings is 1. The van der Waals surface area contributed by atoms with Gasteiger partial charge in [0.25, 0.3) is 0 Å². The first-order chi connectivity index (χ1) is 13.0. The van der Waals surface area contributed by atoms with Gasteiger partial charge in [-0.15, -0.1) is 0 Å². The van der Waals surface area contributed by atoms with Crippen LogP contribution < -0.4 is 5.32 Å². The van der Waals surface area contributed by atoms with Gasteiger partial charge in [-0.05, 0) is 61.3 Å². The maximum absolute atomic E-state index is 12.9. The lowest BCUT2D eigenvalue weighted by molar-refractivity contribution is -0.167. The molecule has 4 aliphatic rings. The maximum atomic E-state index is 12.9. The van der Waals surface area contributed by atoms with E-state index >= 15 is 0 Å². The van der Waals surface area contributed by atoms with Crippen LogP contribution in [0.25, 0.3) is 0 Å². The Kier molecular flexibility index (Phi) is 3.90. The minimum atomic E-state index is -0.518. The lowest BCUT2D eigenvalue weighted by atomic mass is 9.47. The number of hydrogen-bond donors (Lipinski definition) is 2. The number of carbonyl (C=O) groups excluding carboxylic acids is 1. The lowest BCUT2D eigenvalue weighted by Crippen LogP contribution is -2.56. The molecule has 0 saturated heterocycles. The molecule has 2 N–H and O–H groups in total. The monoisotopic (exact) mass is 365 g/mol. The van der Waals surface area contributed by atoms with Gasteiger partial charge < -0.3 is 9.67 Å². The van der Waals surface area contributed by atoms with Crippen molar-refractivity contribution in [1.82, 2.24) is 9.55 Å². The predicted octanol–water partition coefficient (Wildman–Crippen LogP) is 3.59. The Bertz CT molecular complexity index is 830. The summed E-state index contributed by atoms with van der Waals surface area (Å²) in [4.78, 5) is 17.2. The topological polar surface area (TPSA) is 67.2 Å². The molecule has 0 radical (unpaired) electrons. The zero-order chi connectivity index (χ0) is 18.5. The van der Waals surface area contributed by atoms with Crippen molar-refractivity contribution in [3.05, 3.63) is 48.3 Å². The third-order valence-corrected chi connectivity index (χ3v) is 6.85. The van der Waals surface area contributed by atoms with Crippen LogP contribution in [-0.4, -0.2) is 26.2 Å². The van der Waals surface area contributed by atoms with Gasteiger partial charge in [-0.1, -0.05) is 30.3 Å². The number of anilines is 1. The zero-order valence-corrected chi connectivity index (χ0v) is 15.6. The fraction of sp³-hybridized carbons (Fsp3) is 0.545. The highest BCUT2D eigenvalue weighted by Crippen LogP contribution is 2.62. The Morgan fingerprint density at radius 1 is 1.19 bits per heavy atom. The molecule has 2 unspecified atom stereocenters. The number of carbonyl (C=O) groups is 1. The van der Waals surface area contributed by atoms with Crippen molar-refractivity contribution in [2.45, 2.75) is 57.1 Å². The standard InChI is InChI=1S/C22H27N3O2/c26-19(13-21-9-17-8-18(10-21)12-22(27,11-17)15-21)24-20-23-6-7-25(20)14-16-4-2-1-3-5-16/h1-7,17-18,27H,8-15H2,(H,23,24,26). The Hall–Kier alpha value is -2.14. The second-order valence-electron chi connectivity index (χ2n) is 9.27. The molecule has 5 heteroatoms. The first kappa shape index (κ1) is 17.0. The molecule has 4 fully saturated rings. The van der Waals surface area contributed by atoms with Gasteiger partial charge in [0.2, 0.25) is 11.9 Å². The zero-order valence-electron chi connectivity index (χ0n) is 15.6. The second kappa shape index (κ2) is 6.20. The number of aromatic nitrogens is 2. The third-order valence-electron chi connectivity index (χ3n) is 6.85. The fourth-order valence-electron chi connectivity index (χ4n) is 6.46. The molecule has 4 bridgehead atoms. The number of aliphatic hydroxyl groups is 1. The molecule has 4 saturated carbocycles. The van der Waals surface area contributed by atoms with Gasteiger partial charge in [0.15, 0.2) is 0 Å². The van der Waals surface area contributed by atoms with Crippen LogP contribution in [0.1, 0.15) is 50.5 Å². The predicted molar refractivity (Wildman–Crippen MR) is 103 cm³/mol. The highest BCUT2D eigenvalue weighted by Gasteiger charge is 2.57. The van der Waals surface area contributed by atoms with Crippen molar-refractivity contribution < 1.29 is 9.90 Å². The molecule has 0 spiro atoms. The van der Waals surface area contributed by atoms with E-state index < -0.39 is 5.60 Å². The number of rotatable bonds is 5. The van der Waals surface area contributed by atoms with Gasteiger partial charge in [-0.25, -0.2) is 4.98 Å². The van der Waals surface area contributed by atoms with Gasteiger partial charge in [0.1, 0.15) is 0 Å². The van der Waals surface area contributed by atoms with E-state index in [2.05, 4.69) is 22.4 Å². The summed E-state index contributed by atoms with van der Waals surface area (Å²) in [6.07, 6.45) is 10.2. The van der Waals surface area contributed by atoms with E-state index in [0.29, 0.717) is 30.7 Å². The van der Waals surface area contributed by atoms with Crippen molar-refractivity contribution >= 4 is 11.9 Å². The van der Waals surface area contributed by atoms with Gasteiger partial charge in [0.05, 0.1) is 12.1 Å². The van der Waals surface area contributed by atoms with E-state index in [1.807, 2.05) is 29.0 Å². The minimum Gasteiger partial charge on any atom is -0.390 e. The van der Waals surface area contributed by atoms with Gasteiger partial charge >= 0.3 is 0 Å².